The van der Waals surface area contributed by atoms with Crippen molar-refractivity contribution in [3.63, 3.8) is 0 Å². The topological polar surface area (TPSA) is 80.5 Å². The first-order chi connectivity index (χ1) is 14.7. The van der Waals surface area contributed by atoms with Gasteiger partial charge in [0.1, 0.15) is 11.9 Å². The molecule has 2 aliphatic rings. The van der Waals surface area contributed by atoms with Crippen LogP contribution in [0.25, 0.3) is 0 Å². The molecule has 2 aliphatic heterocycles. The molecule has 4 rings (SSSR count). The molecule has 3 heterocycles. The SMILES string of the molecule is N#Cc1ccc(N2CCC(C(=O)N3CCC([C@H](O)c4ccccc4)CC3)CC2)nc1. The minimum atomic E-state index is -0.452. The third-order valence-electron chi connectivity index (χ3n) is 6.48. The molecule has 156 valence electrons. The van der Waals surface area contributed by atoms with E-state index in [4.69, 9.17) is 5.26 Å². The Hall–Kier alpha value is -2.91. The highest BCUT2D eigenvalue weighted by Gasteiger charge is 2.33. The summed E-state index contributed by atoms with van der Waals surface area (Å²) in [4.78, 5) is 21.6. The van der Waals surface area contributed by atoms with Crippen LogP contribution in [0.5, 0.6) is 0 Å². The van der Waals surface area contributed by atoms with E-state index < -0.39 is 6.10 Å². The lowest BCUT2D eigenvalue weighted by Gasteiger charge is -2.38. The van der Waals surface area contributed by atoms with Gasteiger partial charge in [-0.05, 0) is 49.3 Å². The van der Waals surface area contributed by atoms with Gasteiger partial charge >= 0.3 is 0 Å². The molecule has 0 bridgehead atoms. The summed E-state index contributed by atoms with van der Waals surface area (Å²) in [6, 6.07) is 15.6. The fourth-order valence-corrected chi connectivity index (χ4v) is 4.61. The van der Waals surface area contributed by atoms with E-state index >= 15 is 0 Å². The standard InChI is InChI=1S/C24H28N4O2/c25-16-18-6-7-22(26-17-18)27-12-10-21(11-13-27)24(30)28-14-8-20(9-15-28)23(29)19-4-2-1-3-5-19/h1-7,17,20-21,23,29H,8-15H2/t23-/m1/s1. The Morgan fingerprint density at radius 2 is 1.73 bits per heavy atom. The number of hydrogen-bond acceptors (Lipinski definition) is 5. The Morgan fingerprint density at radius 1 is 1.03 bits per heavy atom. The van der Waals surface area contributed by atoms with Crippen LogP contribution >= 0.6 is 0 Å². The molecule has 0 saturated carbocycles. The number of amides is 1. The Kier molecular flexibility index (Phi) is 6.29. The Morgan fingerprint density at radius 3 is 2.33 bits per heavy atom. The molecule has 1 atom stereocenters. The molecule has 0 unspecified atom stereocenters. The number of benzene rings is 1. The number of nitrogens with zero attached hydrogens (tertiary/aromatic N) is 4. The monoisotopic (exact) mass is 404 g/mol. The average molecular weight is 405 g/mol. The minimum absolute atomic E-state index is 0.0650. The smallest absolute Gasteiger partial charge is 0.225 e. The van der Waals surface area contributed by atoms with Crippen molar-refractivity contribution >= 4 is 11.7 Å². The highest BCUT2D eigenvalue weighted by atomic mass is 16.3. The van der Waals surface area contributed by atoms with Crippen molar-refractivity contribution < 1.29 is 9.90 Å². The molecule has 30 heavy (non-hydrogen) atoms. The number of aliphatic hydroxyl groups is 1. The lowest BCUT2D eigenvalue weighted by atomic mass is 9.86. The summed E-state index contributed by atoms with van der Waals surface area (Å²) in [6.07, 6.45) is 4.48. The summed E-state index contributed by atoms with van der Waals surface area (Å²) < 4.78 is 0. The van der Waals surface area contributed by atoms with Crippen molar-refractivity contribution in [2.45, 2.75) is 31.8 Å². The van der Waals surface area contributed by atoms with E-state index in [0.29, 0.717) is 5.56 Å². The number of hydrogen-bond donors (Lipinski definition) is 1. The first-order valence-corrected chi connectivity index (χ1v) is 10.8. The van der Waals surface area contributed by atoms with Gasteiger partial charge in [0.25, 0.3) is 0 Å². The molecule has 6 nitrogen and oxygen atoms in total. The zero-order valence-electron chi connectivity index (χ0n) is 17.2. The summed E-state index contributed by atoms with van der Waals surface area (Å²) in [5.74, 6) is 1.40. The molecule has 6 heteroatoms. The molecular formula is C24H28N4O2. The van der Waals surface area contributed by atoms with E-state index in [2.05, 4.69) is 16.0 Å². The Bertz CT molecular complexity index is 878. The summed E-state index contributed by atoms with van der Waals surface area (Å²) in [5.41, 5.74) is 1.52. The molecule has 1 N–H and O–H groups in total. The number of rotatable bonds is 4. The third kappa shape index (κ3) is 4.47. The van der Waals surface area contributed by atoms with Crippen LogP contribution in [-0.4, -0.2) is 47.1 Å². The highest BCUT2D eigenvalue weighted by molar-refractivity contribution is 5.79. The number of nitriles is 1. The number of piperidine rings is 2. The van der Waals surface area contributed by atoms with Gasteiger partial charge in [0, 0.05) is 38.3 Å². The highest BCUT2D eigenvalue weighted by Crippen LogP contribution is 2.32. The predicted molar refractivity (Wildman–Crippen MR) is 115 cm³/mol. The lowest BCUT2D eigenvalue weighted by Crippen LogP contribution is -2.46. The number of aromatic nitrogens is 1. The van der Waals surface area contributed by atoms with Crippen LogP contribution < -0.4 is 4.90 Å². The molecule has 1 aromatic heterocycles. The van der Waals surface area contributed by atoms with E-state index in [1.165, 1.54) is 0 Å². The Labute approximate surface area is 177 Å². The quantitative estimate of drug-likeness (QED) is 0.847. The number of likely N-dealkylation sites (tertiary alicyclic amines) is 1. The molecular weight excluding hydrogens is 376 g/mol. The third-order valence-corrected chi connectivity index (χ3v) is 6.48. The molecule has 2 fully saturated rings. The summed E-state index contributed by atoms with van der Waals surface area (Å²) in [6.45, 7) is 3.06. The van der Waals surface area contributed by atoms with Crippen molar-refractivity contribution in [2.75, 3.05) is 31.1 Å². The zero-order valence-corrected chi connectivity index (χ0v) is 17.2. The van der Waals surface area contributed by atoms with Crippen molar-refractivity contribution in [1.29, 1.82) is 5.26 Å². The fraction of sp³-hybridized carbons (Fsp3) is 0.458. The normalized spacial score (nSPS) is 19.3. The zero-order chi connectivity index (χ0) is 20.9. The second kappa shape index (κ2) is 9.27. The van der Waals surface area contributed by atoms with Gasteiger partial charge in [-0.15, -0.1) is 0 Å². The second-order valence-electron chi connectivity index (χ2n) is 8.30. The van der Waals surface area contributed by atoms with Gasteiger partial charge in [0.15, 0.2) is 0 Å². The molecule has 2 aromatic rings. The van der Waals surface area contributed by atoms with Crippen molar-refractivity contribution in [2.24, 2.45) is 11.8 Å². The molecule has 0 radical (unpaired) electrons. The maximum atomic E-state index is 13.0. The van der Waals surface area contributed by atoms with E-state index in [9.17, 15) is 9.90 Å². The van der Waals surface area contributed by atoms with Crippen molar-refractivity contribution in [3.05, 3.63) is 59.8 Å². The van der Waals surface area contributed by atoms with Gasteiger partial charge in [-0.2, -0.15) is 5.26 Å². The lowest BCUT2D eigenvalue weighted by molar-refractivity contribution is -0.138. The van der Waals surface area contributed by atoms with Crippen LogP contribution in [0.4, 0.5) is 5.82 Å². The van der Waals surface area contributed by atoms with Gasteiger partial charge in [-0.25, -0.2) is 4.98 Å². The molecule has 1 aromatic carbocycles. The molecule has 2 saturated heterocycles. The van der Waals surface area contributed by atoms with E-state index in [0.717, 1.165) is 63.2 Å². The first-order valence-electron chi connectivity index (χ1n) is 10.8. The van der Waals surface area contributed by atoms with Gasteiger partial charge < -0.3 is 14.9 Å². The number of carbonyl (C=O) groups excluding carboxylic acids is 1. The van der Waals surface area contributed by atoms with Gasteiger partial charge in [0.2, 0.25) is 5.91 Å². The van der Waals surface area contributed by atoms with Crippen LogP contribution in [-0.2, 0) is 4.79 Å². The number of pyridine rings is 1. The van der Waals surface area contributed by atoms with Crippen molar-refractivity contribution in [1.82, 2.24) is 9.88 Å². The minimum Gasteiger partial charge on any atom is -0.388 e. The van der Waals surface area contributed by atoms with Crippen LogP contribution in [0.1, 0.15) is 42.9 Å². The molecule has 0 spiro atoms. The van der Waals surface area contributed by atoms with Crippen LogP contribution in [0.3, 0.4) is 0 Å². The molecule has 0 aliphatic carbocycles. The van der Waals surface area contributed by atoms with Crippen LogP contribution in [0, 0.1) is 23.2 Å². The largest absolute Gasteiger partial charge is 0.388 e. The number of carbonyl (C=O) groups is 1. The van der Waals surface area contributed by atoms with Gasteiger partial charge in [0.05, 0.1) is 11.7 Å². The summed E-state index contributed by atoms with van der Waals surface area (Å²) in [5, 5.41) is 19.6. The average Bonchev–Trinajstić information content (AvgIpc) is 2.84. The van der Waals surface area contributed by atoms with E-state index in [1.54, 1.807) is 12.3 Å². The predicted octanol–water partition coefficient (Wildman–Crippen LogP) is 3.14. The fourth-order valence-electron chi connectivity index (χ4n) is 4.61. The van der Waals surface area contributed by atoms with Gasteiger partial charge in [-0.1, -0.05) is 30.3 Å². The summed E-state index contributed by atoms with van der Waals surface area (Å²) >= 11 is 0. The summed E-state index contributed by atoms with van der Waals surface area (Å²) in [7, 11) is 0. The van der Waals surface area contributed by atoms with E-state index in [-0.39, 0.29) is 17.7 Å². The van der Waals surface area contributed by atoms with Crippen LogP contribution in [0.2, 0.25) is 0 Å². The van der Waals surface area contributed by atoms with Gasteiger partial charge in [-0.3, -0.25) is 4.79 Å². The number of aliphatic hydroxyl groups excluding tert-OH is 1. The maximum absolute atomic E-state index is 13.0. The first kappa shape index (κ1) is 20.4. The Balaban J connectivity index is 1.26. The maximum Gasteiger partial charge on any atom is 0.225 e. The second-order valence-corrected chi connectivity index (χ2v) is 8.30. The van der Waals surface area contributed by atoms with Crippen molar-refractivity contribution in [3.8, 4) is 6.07 Å². The van der Waals surface area contributed by atoms with Crippen LogP contribution in [0.15, 0.2) is 48.7 Å². The molecule has 1 amide bonds. The van der Waals surface area contributed by atoms with E-state index in [1.807, 2.05) is 41.3 Å². The number of anilines is 1.